The molecule has 3 unspecified atom stereocenters. The van der Waals surface area contributed by atoms with Crippen molar-refractivity contribution in [3.05, 3.63) is 0 Å². The molecule has 0 spiro atoms. The number of piperidine rings is 1. The molecule has 0 saturated carbocycles. The third-order valence-electron chi connectivity index (χ3n) is 3.81. The van der Waals surface area contributed by atoms with E-state index >= 15 is 0 Å². The SMILES string of the molecule is CCOC(CN1CC(C)CC(C)C1C)OCC. The van der Waals surface area contributed by atoms with Gasteiger partial charge < -0.3 is 9.47 Å². The molecule has 1 fully saturated rings. The fraction of sp³-hybridized carbons (Fsp3) is 1.00. The highest BCUT2D eigenvalue weighted by Crippen LogP contribution is 2.27. The van der Waals surface area contributed by atoms with Gasteiger partial charge in [-0.1, -0.05) is 13.8 Å². The van der Waals surface area contributed by atoms with Crippen molar-refractivity contribution in [2.75, 3.05) is 26.3 Å². The summed E-state index contributed by atoms with van der Waals surface area (Å²) in [4.78, 5) is 2.52. The van der Waals surface area contributed by atoms with Crippen LogP contribution in [0, 0.1) is 11.8 Å². The lowest BCUT2D eigenvalue weighted by molar-refractivity contribution is -0.155. The first kappa shape index (κ1) is 14.9. The van der Waals surface area contributed by atoms with E-state index in [0.29, 0.717) is 6.04 Å². The molecule has 0 radical (unpaired) electrons. The van der Waals surface area contributed by atoms with Gasteiger partial charge in [-0.05, 0) is 39.0 Å². The first-order valence-electron chi connectivity index (χ1n) is 7.05. The number of hydrogen-bond donors (Lipinski definition) is 0. The molecule has 0 aliphatic carbocycles. The average Bonchev–Trinajstić information content (AvgIpc) is 2.26. The molecule has 1 saturated heterocycles. The fourth-order valence-electron chi connectivity index (χ4n) is 2.79. The van der Waals surface area contributed by atoms with E-state index in [9.17, 15) is 0 Å². The summed E-state index contributed by atoms with van der Waals surface area (Å²) >= 11 is 0. The molecule has 3 nitrogen and oxygen atoms in total. The molecular formula is C14H29NO2. The quantitative estimate of drug-likeness (QED) is 0.670. The monoisotopic (exact) mass is 243 g/mol. The Balaban J connectivity index is 2.51. The summed E-state index contributed by atoms with van der Waals surface area (Å²) in [7, 11) is 0. The molecule has 0 amide bonds. The maximum absolute atomic E-state index is 5.64. The number of ether oxygens (including phenoxy) is 2. The van der Waals surface area contributed by atoms with E-state index in [2.05, 4.69) is 25.7 Å². The Morgan fingerprint density at radius 3 is 2.24 bits per heavy atom. The van der Waals surface area contributed by atoms with Gasteiger partial charge in [-0.3, -0.25) is 4.90 Å². The van der Waals surface area contributed by atoms with Gasteiger partial charge in [-0.25, -0.2) is 0 Å². The number of nitrogens with zero attached hydrogens (tertiary/aromatic N) is 1. The molecule has 17 heavy (non-hydrogen) atoms. The van der Waals surface area contributed by atoms with Gasteiger partial charge in [0, 0.05) is 32.3 Å². The lowest BCUT2D eigenvalue weighted by atomic mass is 9.86. The van der Waals surface area contributed by atoms with Crippen LogP contribution < -0.4 is 0 Å². The topological polar surface area (TPSA) is 21.7 Å². The third-order valence-corrected chi connectivity index (χ3v) is 3.81. The van der Waals surface area contributed by atoms with E-state index in [1.54, 1.807) is 0 Å². The van der Waals surface area contributed by atoms with Gasteiger partial charge in [0.05, 0.1) is 0 Å². The normalized spacial score (nSPS) is 31.1. The molecule has 0 aromatic heterocycles. The molecule has 0 N–H and O–H groups in total. The van der Waals surface area contributed by atoms with Crippen molar-refractivity contribution >= 4 is 0 Å². The average molecular weight is 243 g/mol. The number of hydrogen-bond acceptors (Lipinski definition) is 3. The van der Waals surface area contributed by atoms with Crippen LogP contribution in [-0.2, 0) is 9.47 Å². The second-order valence-corrected chi connectivity index (χ2v) is 5.35. The van der Waals surface area contributed by atoms with Crippen LogP contribution >= 0.6 is 0 Å². The highest BCUT2D eigenvalue weighted by molar-refractivity contribution is 4.82. The Kier molecular flexibility index (Phi) is 6.45. The summed E-state index contributed by atoms with van der Waals surface area (Å²) in [6, 6.07) is 0.634. The standard InChI is InChI=1S/C14H29NO2/c1-6-16-14(17-7-2)10-15-9-11(3)8-12(4)13(15)5/h11-14H,6-10H2,1-5H3. The highest BCUT2D eigenvalue weighted by Gasteiger charge is 2.30. The van der Waals surface area contributed by atoms with Crippen molar-refractivity contribution in [3.63, 3.8) is 0 Å². The van der Waals surface area contributed by atoms with E-state index < -0.39 is 0 Å². The Bertz CT molecular complexity index is 204. The first-order chi connectivity index (χ1) is 8.08. The first-order valence-corrected chi connectivity index (χ1v) is 7.05. The van der Waals surface area contributed by atoms with E-state index in [1.807, 2.05) is 13.8 Å². The molecule has 3 atom stereocenters. The van der Waals surface area contributed by atoms with Crippen LogP contribution in [-0.4, -0.2) is 43.5 Å². The third kappa shape index (κ3) is 4.57. The van der Waals surface area contributed by atoms with Gasteiger partial charge in [0.25, 0.3) is 0 Å². The van der Waals surface area contributed by atoms with Crippen molar-refractivity contribution < 1.29 is 9.47 Å². The van der Waals surface area contributed by atoms with Crippen LogP contribution in [0.5, 0.6) is 0 Å². The molecule has 1 heterocycles. The van der Waals surface area contributed by atoms with E-state index in [-0.39, 0.29) is 6.29 Å². The summed E-state index contributed by atoms with van der Waals surface area (Å²) < 4.78 is 11.3. The zero-order valence-electron chi connectivity index (χ0n) is 12.1. The van der Waals surface area contributed by atoms with Crippen molar-refractivity contribution in [1.29, 1.82) is 0 Å². The smallest absolute Gasteiger partial charge is 0.170 e. The molecule has 1 rings (SSSR count). The van der Waals surface area contributed by atoms with Crippen molar-refractivity contribution in [3.8, 4) is 0 Å². The van der Waals surface area contributed by atoms with E-state index in [4.69, 9.17) is 9.47 Å². The van der Waals surface area contributed by atoms with E-state index in [1.165, 1.54) is 13.0 Å². The molecular weight excluding hydrogens is 214 g/mol. The molecule has 0 aromatic rings. The maximum atomic E-state index is 5.64. The van der Waals surface area contributed by atoms with Crippen LogP contribution in [0.25, 0.3) is 0 Å². The molecule has 0 aromatic carbocycles. The lowest BCUT2D eigenvalue weighted by Crippen LogP contribution is -2.49. The number of rotatable bonds is 6. The number of likely N-dealkylation sites (tertiary alicyclic amines) is 1. The maximum Gasteiger partial charge on any atom is 0.170 e. The Hall–Kier alpha value is -0.120. The largest absolute Gasteiger partial charge is 0.352 e. The van der Waals surface area contributed by atoms with Gasteiger partial charge in [0.15, 0.2) is 6.29 Å². The molecule has 3 heteroatoms. The molecule has 1 aliphatic rings. The van der Waals surface area contributed by atoms with Gasteiger partial charge in [0.2, 0.25) is 0 Å². The Morgan fingerprint density at radius 2 is 1.71 bits per heavy atom. The van der Waals surface area contributed by atoms with Gasteiger partial charge in [-0.2, -0.15) is 0 Å². The van der Waals surface area contributed by atoms with Gasteiger partial charge >= 0.3 is 0 Å². The summed E-state index contributed by atoms with van der Waals surface area (Å²) in [6.45, 7) is 14.6. The summed E-state index contributed by atoms with van der Waals surface area (Å²) in [5.74, 6) is 1.55. The second-order valence-electron chi connectivity index (χ2n) is 5.35. The Morgan fingerprint density at radius 1 is 1.12 bits per heavy atom. The van der Waals surface area contributed by atoms with Gasteiger partial charge in [0.1, 0.15) is 0 Å². The predicted octanol–water partition coefficient (Wildman–Crippen LogP) is 2.75. The van der Waals surface area contributed by atoms with Gasteiger partial charge in [-0.15, -0.1) is 0 Å². The van der Waals surface area contributed by atoms with Crippen LogP contribution in [0.1, 0.15) is 41.0 Å². The van der Waals surface area contributed by atoms with Crippen LogP contribution in [0.4, 0.5) is 0 Å². The van der Waals surface area contributed by atoms with Crippen molar-refractivity contribution in [2.45, 2.75) is 53.4 Å². The van der Waals surface area contributed by atoms with E-state index in [0.717, 1.165) is 31.6 Å². The van der Waals surface area contributed by atoms with Crippen molar-refractivity contribution in [1.82, 2.24) is 4.90 Å². The zero-order valence-corrected chi connectivity index (χ0v) is 12.1. The molecule has 1 aliphatic heterocycles. The Labute approximate surface area is 106 Å². The molecule has 102 valence electrons. The highest BCUT2D eigenvalue weighted by atomic mass is 16.7. The van der Waals surface area contributed by atoms with Crippen LogP contribution in [0.3, 0.4) is 0 Å². The minimum atomic E-state index is -0.0649. The lowest BCUT2D eigenvalue weighted by Gasteiger charge is -2.42. The minimum Gasteiger partial charge on any atom is -0.352 e. The van der Waals surface area contributed by atoms with Crippen LogP contribution in [0.15, 0.2) is 0 Å². The summed E-state index contributed by atoms with van der Waals surface area (Å²) in [5.41, 5.74) is 0. The zero-order chi connectivity index (χ0) is 12.8. The second kappa shape index (κ2) is 7.34. The molecule has 0 bridgehead atoms. The van der Waals surface area contributed by atoms with Crippen LogP contribution in [0.2, 0.25) is 0 Å². The fourth-order valence-corrected chi connectivity index (χ4v) is 2.79. The predicted molar refractivity (Wildman–Crippen MR) is 71.0 cm³/mol. The van der Waals surface area contributed by atoms with Crippen molar-refractivity contribution in [2.24, 2.45) is 11.8 Å². The minimum absolute atomic E-state index is 0.0649. The summed E-state index contributed by atoms with van der Waals surface area (Å²) in [5, 5.41) is 0. The summed E-state index contributed by atoms with van der Waals surface area (Å²) in [6.07, 6.45) is 1.27.